The molecule has 2 aromatic carbocycles. The third kappa shape index (κ3) is 6.94. The maximum atomic E-state index is 12.7. The SMILES string of the molecule is COc1ccc(CNC(=O)C(=O)N[C@H](C)[C@H](c2cccs2)N2CCN(Cc3ccccc3)CC2)cc1. The van der Waals surface area contributed by atoms with Gasteiger partial charge >= 0.3 is 11.8 Å². The van der Waals surface area contributed by atoms with Gasteiger partial charge in [-0.1, -0.05) is 48.5 Å². The summed E-state index contributed by atoms with van der Waals surface area (Å²) in [5.41, 5.74) is 2.22. The first-order valence-electron chi connectivity index (χ1n) is 12.3. The van der Waals surface area contributed by atoms with Gasteiger partial charge in [-0.15, -0.1) is 11.3 Å². The van der Waals surface area contributed by atoms with Crippen LogP contribution >= 0.6 is 11.3 Å². The van der Waals surface area contributed by atoms with E-state index in [9.17, 15) is 9.59 Å². The van der Waals surface area contributed by atoms with Crippen LogP contribution in [0.4, 0.5) is 0 Å². The highest BCUT2D eigenvalue weighted by Crippen LogP contribution is 2.29. The van der Waals surface area contributed by atoms with Gasteiger partial charge in [-0.2, -0.15) is 0 Å². The maximum Gasteiger partial charge on any atom is 0.309 e. The van der Waals surface area contributed by atoms with Gasteiger partial charge in [-0.3, -0.25) is 19.4 Å². The fourth-order valence-corrected chi connectivity index (χ4v) is 5.56. The van der Waals surface area contributed by atoms with Crippen LogP contribution in [-0.2, 0) is 22.7 Å². The average molecular weight is 507 g/mol. The number of benzene rings is 2. The number of hydrogen-bond donors (Lipinski definition) is 2. The molecule has 1 saturated heterocycles. The molecule has 3 aromatic rings. The minimum atomic E-state index is -0.629. The molecule has 0 aliphatic carbocycles. The Morgan fingerprint density at radius 3 is 2.28 bits per heavy atom. The van der Waals surface area contributed by atoms with Crippen molar-refractivity contribution < 1.29 is 14.3 Å². The number of rotatable bonds is 9. The van der Waals surface area contributed by atoms with E-state index in [4.69, 9.17) is 4.74 Å². The molecule has 0 bridgehead atoms. The third-order valence-electron chi connectivity index (χ3n) is 6.53. The van der Waals surface area contributed by atoms with Gasteiger partial charge in [-0.25, -0.2) is 0 Å². The van der Waals surface area contributed by atoms with Crippen molar-refractivity contribution in [2.75, 3.05) is 33.3 Å². The van der Waals surface area contributed by atoms with Crippen LogP contribution in [0.2, 0.25) is 0 Å². The lowest BCUT2D eigenvalue weighted by Gasteiger charge is -2.41. The lowest BCUT2D eigenvalue weighted by molar-refractivity contribution is -0.140. The van der Waals surface area contributed by atoms with Crippen molar-refractivity contribution in [3.8, 4) is 5.75 Å². The summed E-state index contributed by atoms with van der Waals surface area (Å²) in [7, 11) is 1.61. The zero-order valence-corrected chi connectivity index (χ0v) is 21.7. The minimum Gasteiger partial charge on any atom is -0.497 e. The Hall–Kier alpha value is -3.20. The topological polar surface area (TPSA) is 73.9 Å². The van der Waals surface area contributed by atoms with E-state index in [0.717, 1.165) is 44.0 Å². The molecule has 0 saturated carbocycles. The summed E-state index contributed by atoms with van der Waals surface area (Å²) in [6.45, 7) is 6.93. The Balaban J connectivity index is 1.32. The molecule has 190 valence electrons. The average Bonchev–Trinajstić information content (AvgIpc) is 3.43. The highest BCUT2D eigenvalue weighted by molar-refractivity contribution is 7.10. The molecule has 1 aliphatic rings. The molecule has 0 spiro atoms. The van der Waals surface area contributed by atoms with Crippen LogP contribution in [0.5, 0.6) is 5.75 Å². The fraction of sp³-hybridized carbons (Fsp3) is 0.357. The van der Waals surface area contributed by atoms with E-state index in [1.165, 1.54) is 10.4 Å². The molecule has 1 aliphatic heterocycles. The summed E-state index contributed by atoms with van der Waals surface area (Å²) >= 11 is 1.69. The Kier molecular flexibility index (Phi) is 9.11. The summed E-state index contributed by atoms with van der Waals surface area (Å²) in [4.78, 5) is 31.3. The normalized spacial score (nSPS) is 16.2. The van der Waals surface area contributed by atoms with Gasteiger partial charge in [0.15, 0.2) is 0 Å². The Morgan fingerprint density at radius 1 is 0.917 bits per heavy atom. The molecule has 2 N–H and O–H groups in total. The van der Waals surface area contributed by atoms with Crippen molar-refractivity contribution in [3.05, 3.63) is 88.1 Å². The van der Waals surface area contributed by atoms with Crippen molar-refractivity contribution in [1.82, 2.24) is 20.4 Å². The lowest BCUT2D eigenvalue weighted by Crippen LogP contribution is -2.53. The summed E-state index contributed by atoms with van der Waals surface area (Å²) in [5, 5.41) is 7.73. The summed E-state index contributed by atoms with van der Waals surface area (Å²) < 4.78 is 5.15. The van der Waals surface area contributed by atoms with Gasteiger partial charge in [-0.05, 0) is 41.6 Å². The third-order valence-corrected chi connectivity index (χ3v) is 7.48. The number of methoxy groups -OCH3 is 1. The summed E-state index contributed by atoms with van der Waals surface area (Å²) in [6, 6.07) is 21.9. The number of ether oxygens (including phenoxy) is 1. The van der Waals surface area contributed by atoms with Crippen molar-refractivity contribution >= 4 is 23.2 Å². The van der Waals surface area contributed by atoms with Crippen LogP contribution in [0.15, 0.2) is 72.1 Å². The van der Waals surface area contributed by atoms with E-state index < -0.39 is 11.8 Å². The predicted octanol–water partition coefficient (Wildman–Crippen LogP) is 3.44. The molecule has 2 atom stereocenters. The second-order valence-corrected chi connectivity index (χ2v) is 10.0. The smallest absolute Gasteiger partial charge is 0.309 e. The van der Waals surface area contributed by atoms with E-state index in [-0.39, 0.29) is 18.6 Å². The standard InChI is InChI=1S/C28H34N4O3S/c1-21(30-28(34)27(33)29-19-22-10-12-24(35-2)13-11-22)26(25-9-6-18-36-25)32-16-14-31(15-17-32)20-23-7-4-3-5-8-23/h3-13,18,21,26H,14-17,19-20H2,1-2H3,(H,29,33)(H,30,34)/t21-,26-/m1/s1. The second-order valence-electron chi connectivity index (χ2n) is 9.05. The van der Waals surface area contributed by atoms with E-state index in [1.807, 2.05) is 43.3 Å². The van der Waals surface area contributed by atoms with Gasteiger partial charge in [0.1, 0.15) is 5.75 Å². The van der Waals surface area contributed by atoms with Crippen LogP contribution in [0.3, 0.4) is 0 Å². The quantitative estimate of drug-likeness (QED) is 0.435. The highest BCUT2D eigenvalue weighted by atomic mass is 32.1. The first-order valence-corrected chi connectivity index (χ1v) is 13.2. The maximum absolute atomic E-state index is 12.7. The summed E-state index contributed by atoms with van der Waals surface area (Å²) in [5.74, 6) is -0.493. The lowest BCUT2D eigenvalue weighted by atomic mass is 10.0. The fourth-order valence-electron chi connectivity index (χ4n) is 4.60. The van der Waals surface area contributed by atoms with Crippen LogP contribution < -0.4 is 15.4 Å². The molecule has 36 heavy (non-hydrogen) atoms. The van der Waals surface area contributed by atoms with Crippen molar-refractivity contribution in [2.24, 2.45) is 0 Å². The van der Waals surface area contributed by atoms with Gasteiger partial charge in [0.05, 0.1) is 13.2 Å². The van der Waals surface area contributed by atoms with Crippen LogP contribution in [0, 0.1) is 0 Å². The van der Waals surface area contributed by atoms with E-state index in [1.54, 1.807) is 18.4 Å². The second kappa shape index (κ2) is 12.7. The number of amides is 2. The van der Waals surface area contributed by atoms with Crippen molar-refractivity contribution in [2.45, 2.75) is 32.1 Å². The number of piperazine rings is 1. The predicted molar refractivity (Wildman–Crippen MR) is 143 cm³/mol. The molecule has 0 radical (unpaired) electrons. The van der Waals surface area contributed by atoms with Gasteiger partial charge in [0, 0.05) is 50.2 Å². The van der Waals surface area contributed by atoms with E-state index in [0.29, 0.717) is 0 Å². The minimum absolute atomic E-state index is 0.0159. The molecular formula is C28H34N4O3S. The van der Waals surface area contributed by atoms with Crippen LogP contribution in [0.25, 0.3) is 0 Å². The molecule has 8 heteroatoms. The highest BCUT2D eigenvalue weighted by Gasteiger charge is 2.31. The van der Waals surface area contributed by atoms with Crippen LogP contribution in [0.1, 0.15) is 29.0 Å². The number of hydrogen-bond acceptors (Lipinski definition) is 6. The largest absolute Gasteiger partial charge is 0.497 e. The molecule has 4 rings (SSSR count). The Morgan fingerprint density at radius 2 is 1.64 bits per heavy atom. The van der Waals surface area contributed by atoms with E-state index in [2.05, 4.69) is 56.1 Å². The number of carbonyl (C=O) groups is 2. The molecule has 2 amide bonds. The summed E-state index contributed by atoms with van der Waals surface area (Å²) in [6.07, 6.45) is 0. The zero-order valence-electron chi connectivity index (χ0n) is 20.9. The zero-order chi connectivity index (χ0) is 25.3. The number of nitrogens with one attached hydrogen (secondary N) is 2. The first kappa shape index (κ1) is 25.9. The molecule has 0 unspecified atom stereocenters. The van der Waals surface area contributed by atoms with Gasteiger partial charge < -0.3 is 15.4 Å². The van der Waals surface area contributed by atoms with Gasteiger partial charge in [0.25, 0.3) is 0 Å². The number of nitrogens with zero attached hydrogens (tertiary/aromatic N) is 2. The molecule has 2 heterocycles. The van der Waals surface area contributed by atoms with E-state index >= 15 is 0 Å². The number of thiophene rings is 1. The van der Waals surface area contributed by atoms with Crippen molar-refractivity contribution in [3.63, 3.8) is 0 Å². The monoisotopic (exact) mass is 506 g/mol. The molecular weight excluding hydrogens is 472 g/mol. The van der Waals surface area contributed by atoms with Crippen molar-refractivity contribution in [1.29, 1.82) is 0 Å². The molecule has 1 fully saturated rings. The van der Waals surface area contributed by atoms with Gasteiger partial charge in [0.2, 0.25) is 0 Å². The molecule has 1 aromatic heterocycles. The number of carbonyl (C=O) groups excluding carboxylic acids is 2. The molecule has 7 nitrogen and oxygen atoms in total. The Labute approximate surface area is 217 Å². The van der Waals surface area contributed by atoms with Crippen LogP contribution in [-0.4, -0.2) is 60.9 Å². The first-order chi connectivity index (χ1) is 17.5. The Bertz CT molecular complexity index is 1100.